The zero-order valence-corrected chi connectivity index (χ0v) is 22.0. The average molecular weight is 551 g/mol. The van der Waals surface area contributed by atoms with E-state index in [1.54, 1.807) is 23.9 Å². The summed E-state index contributed by atoms with van der Waals surface area (Å²) in [6.45, 7) is 3.79. The summed E-state index contributed by atoms with van der Waals surface area (Å²) < 4.78 is 62.8. The SMILES string of the molecule is CCn1nc(OCCCc2ccc(OCCOC)cc2OCc2ccc(C(F)(F)F)cc2)cc1CCC(=O)O. The number of methoxy groups -OCH3 is 1. The van der Waals surface area contributed by atoms with E-state index in [1.807, 2.05) is 19.1 Å². The average Bonchev–Trinajstić information content (AvgIpc) is 3.31. The minimum atomic E-state index is -4.39. The Hall–Kier alpha value is -3.73. The van der Waals surface area contributed by atoms with Gasteiger partial charge in [-0.1, -0.05) is 18.2 Å². The molecule has 39 heavy (non-hydrogen) atoms. The van der Waals surface area contributed by atoms with Crippen LogP contribution in [-0.2, 0) is 41.7 Å². The second kappa shape index (κ2) is 14.4. The minimum Gasteiger partial charge on any atom is -0.491 e. The van der Waals surface area contributed by atoms with Crippen LogP contribution in [0, 0.1) is 0 Å². The van der Waals surface area contributed by atoms with Crippen molar-refractivity contribution in [2.75, 3.05) is 26.9 Å². The molecule has 3 aromatic rings. The van der Waals surface area contributed by atoms with Crippen molar-refractivity contribution < 1.29 is 42.0 Å². The number of carboxylic acids is 1. The highest BCUT2D eigenvalue weighted by Gasteiger charge is 2.29. The van der Waals surface area contributed by atoms with E-state index in [-0.39, 0.29) is 13.0 Å². The monoisotopic (exact) mass is 550 g/mol. The Bertz CT molecular complexity index is 1190. The quantitative estimate of drug-likeness (QED) is 0.234. The molecule has 0 fully saturated rings. The van der Waals surface area contributed by atoms with Crippen LogP contribution >= 0.6 is 0 Å². The minimum absolute atomic E-state index is 0.0194. The van der Waals surface area contributed by atoms with Crippen LogP contribution < -0.4 is 14.2 Å². The molecule has 11 heteroatoms. The molecule has 0 bridgehead atoms. The molecule has 0 aliphatic carbocycles. The number of benzene rings is 2. The lowest BCUT2D eigenvalue weighted by Gasteiger charge is -2.15. The van der Waals surface area contributed by atoms with Crippen LogP contribution in [0.4, 0.5) is 13.2 Å². The number of carboxylic acid groups (broad SMARTS) is 1. The normalized spacial score (nSPS) is 11.4. The second-order valence-corrected chi connectivity index (χ2v) is 8.73. The van der Waals surface area contributed by atoms with E-state index >= 15 is 0 Å². The number of aromatic nitrogens is 2. The lowest BCUT2D eigenvalue weighted by molar-refractivity contribution is -0.138. The number of hydrogen-bond donors (Lipinski definition) is 1. The number of nitrogens with zero attached hydrogens (tertiary/aromatic N) is 2. The van der Waals surface area contributed by atoms with E-state index in [4.69, 9.17) is 24.1 Å². The van der Waals surface area contributed by atoms with Crippen LogP contribution in [0.15, 0.2) is 48.5 Å². The van der Waals surface area contributed by atoms with Crippen LogP contribution in [0.25, 0.3) is 0 Å². The fourth-order valence-corrected chi connectivity index (χ4v) is 3.81. The van der Waals surface area contributed by atoms with Gasteiger partial charge in [0.05, 0.1) is 25.2 Å². The summed E-state index contributed by atoms with van der Waals surface area (Å²) in [6.07, 6.45) is -2.74. The summed E-state index contributed by atoms with van der Waals surface area (Å²) in [5.41, 5.74) is 1.59. The predicted octanol–water partition coefficient (Wildman–Crippen LogP) is 5.55. The number of hydrogen-bond acceptors (Lipinski definition) is 6. The number of ether oxygens (including phenoxy) is 4. The van der Waals surface area contributed by atoms with Crippen LogP contribution in [-0.4, -0.2) is 47.8 Å². The van der Waals surface area contributed by atoms with Crippen molar-refractivity contribution in [1.29, 1.82) is 0 Å². The fraction of sp³-hybridized carbons (Fsp3) is 0.429. The molecule has 0 saturated heterocycles. The highest BCUT2D eigenvalue weighted by Crippen LogP contribution is 2.30. The maximum absolute atomic E-state index is 12.9. The molecule has 1 aromatic heterocycles. The Labute approximate surface area is 225 Å². The largest absolute Gasteiger partial charge is 0.491 e. The predicted molar refractivity (Wildman–Crippen MR) is 137 cm³/mol. The molecular weight excluding hydrogens is 517 g/mol. The molecule has 0 radical (unpaired) electrons. The summed E-state index contributed by atoms with van der Waals surface area (Å²) in [4.78, 5) is 10.9. The number of alkyl halides is 3. The van der Waals surface area contributed by atoms with Crippen molar-refractivity contribution in [2.45, 2.75) is 51.9 Å². The molecule has 1 heterocycles. The van der Waals surface area contributed by atoms with Gasteiger partial charge in [-0.2, -0.15) is 13.2 Å². The smallest absolute Gasteiger partial charge is 0.416 e. The van der Waals surface area contributed by atoms with Gasteiger partial charge >= 0.3 is 12.1 Å². The van der Waals surface area contributed by atoms with Crippen molar-refractivity contribution in [1.82, 2.24) is 9.78 Å². The highest BCUT2D eigenvalue weighted by atomic mass is 19.4. The Kier molecular flexibility index (Phi) is 11.0. The van der Waals surface area contributed by atoms with Gasteiger partial charge in [-0.3, -0.25) is 9.48 Å². The molecule has 1 N–H and O–H groups in total. The van der Waals surface area contributed by atoms with Gasteiger partial charge in [0.1, 0.15) is 24.7 Å². The van der Waals surface area contributed by atoms with Crippen molar-refractivity contribution in [3.8, 4) is 17.4 Å². The van der Waals surface area contributed by atoms with E-state index in [0.29, 0.717) is 68.6 Å². The van der Waals surface area contributed by atoms with Crippen molar-refractivity contribution >= 4 is 5.97 Å². The van der Waals surface area contributed by atoms with E-state index in [2.05, 4.69) is 5.10 Å². The van der Waals surface area contributed by atoms with Gasteiger partial charge in [-0.15, -0.1) is 5.10 Å². The van der Waals surface area contributed by atoms with Crippen LogP contribution in [0.1, 0.15) is 42.1 Å². The summed E-state index contributed by atoms with van der Waals surface area (Å²) in [5, 5.41) is 13.3. The topological polar surface area (TPSA) is 92.0 Å². The Morgan fingerprint density at radius 3 is 2.41 bits per heavy atom. The molecule has 0 atom stereocenters. The summed E-state index contributed by atoms with van der Waals surface area (Å²) >= 11 is 0. The summed E-state index contributed by atoms with van der Waals surface area (Å²) in [6, 6.07) is 12.1. The van der Waals surface area contributed by atoms with Gasteiger partial charge in [0.15, 0.2) is 0 Å². The molecule has 0 saturated carbocycles. The van der Waals surface area contributed by atoms with Crippen LogP contribution in [0.3, 0.4) is 0 Å². The van der Waals surface area contributed by atoms with E-state index < -0.39 is 17.7 Å². The summed E-state index contributed by atoms with van der Waals surface area (Å²) in [7, 11) is 1.58. The van der Waals surface area contributed by atoms with E-state index in [0.717, 1.165) is 23.4 Å². The molecule has 0 aliphatic heterocycles. The molecule has 212 valence electrons. The van der Waals surface area contributed by atoms with Gasteiger partial charge in [0, 0.05) is 31.5 Å². The van der Waals surface area contributed by atoms with Gasteiger partial charge in [-0.05, 0) is 55.5 Å². The van der Waals surface area contributed by atoms with Gasteiger partial charge in [0.2, 0.25) is 5.88 Å². The molecular formula is C28H33F3N2O6. The second-order valence-electron chi connectivity index (χ2n) is 8.73. The molecule has 8 nitrogen and oxygen atoms in total. The number of aryl methyl sites for hydroxylation is 3. The molecule has 0 spiro atoms. The first-order valence-electron chi connectivity index (χ1n) is 12.6. The van der Waals surface area contributed by atoms with Crippen molar-refractivity contribution in [3.05, 3.63) is 70.9 Å². The standard InChI is InChI=1S/C28H33F3N2O6/c1-3-33-23(11-13-27(34)35)17-26(32-33)38-14-4-5-21-8-12-24(37-16-15-36-2)18-25(21)39-19-20-6-9-22(10-7-20)28(29,30)31/h6-10,12,17-18H,3-5,11,13-16,19H2,1-2H3,(H,34,35). The van der Waals surface area contributed by atoms with Crippen LogP contribution in [0.5, 0.6) is 17.4 Å². The van der Waals surface area contributed by atoms with Crippen LogP contribution in [0.2, 0.25) is 0 Å². The maximum Gasteiger partial charge on any atom is 0.416 e. The molecule has 2 aromatic carbocycles. The maximum atomic E-state index is 12.9. The third kappa shape index (κ3) is 9.51. The molecule has 0 unspecified atom stereocenters. The highest BCUT2D eigenvalue weighted by molar-refractivity contribution is 5.67. The lowest BCUT2D eigenvalue weighted by atomic mass is 10.1. The zero-order chi connectivity index (χ0) is 28.3. The fourth-order valence-electron chi connectivity index (χ4n) is 3.81. The van der Waals surface area contributed by atoms with Gasteiger partial charge < -0.3 is 24.1 Å². The first-order valence-corrected chi connectivity index (χ1v) is 12.6. The number of aliphatic carboxylic acids is 1. The first kappa shape index (κ1) is 29.8. The Balaban J connectivity index is 1.61. The molecule has 0 amide bonds. The van der Waals surface area contributed by atoms with Gasteiger partial charge in [-0.25, -0.2) is 0 Å². The van der Waals surface area contributed by atoms with E-state index in [9.17, 15) is 18.0 Å². The Morgan fingerprint density at radius 2 is 1.74 bits per heavy atom. The number of carbonyl (C=O) groups is 1. The zero-order valence-electron chi connectivity index (χ0n) is 22.0. The third-order valence-electron chi connectivity index (χ3n) is 5.85. The Morgan fingerprint density at radius 1 is 0.974 bits per heavy atom. The van der Waals surface area contributed by atoms with Gasteiger partial charge in [0.25, 0.3) is 0 Å². The van der Waals surface area contributed by atoms with Crippen molar-refractivity contribution in [2.24, 2.45) is 0 Å². The number of halogens is 3. The first-order chi connectivity index (χ1) is 18.7. The molecule has 0 aliphatic rings. The van der Waals surface area contributed by atoms with Crippen molar-refractivity contribution in [3.63, 3.8) is 0 Å². The summed E-state index contributed by atoms with van der Waals surface area (Å²) in [5.74, 6) is 0.732. The lowest BCUT2D eigenvalue weighted by Crippen LogP contribution is -2.07. The van der Waals surface area contributed by atoms with E-state index in [1.165, 1.54) is 12.1 Å². The molecule has 3 rings (SSSR count). The number of rotatable bonds is 16. The third-order valence-corrected chi connectivity index (χ3v) is 5.85.